The van der Waals surface area contributed by atoms with Crippen LogP contribution in [0.15, 0.2) is 0 Å². The molecule has 1 aliphatic rings. The molecule has 0 aromatic rings. The van der Waals surface area contributed by atoms with Crippen molar-refractivity contribution < 1.29 is 9.59 Å². The van der Waals surface area contributed by atoms with E-state index in [-0.39, 0.29) is 11.8 Å². The zero-order chi connectivity index (χ0) is 6.85. The maximum atomic E-state index is 10.6. The SMILES string of the molecule is CC1CN[13C](=O)NC1=O. The lowest BCUT2D eigenvalue weighted by Crippen LogP contribution is -2.51. The van der Waals surface area contributed by atoms with Crippen LogP contribution >= 0.6 is 0 Å². The molecule has 0 aromatic heterocycles. The summed E-state index contributed by atoms with van der Waals surface area (Å²) < 4.78 is 0. The Morgan fingerprint density at radius 1 is 1.56 bits per heavy atom. The van der Waals surface area contributed by atoms with Crippen molar-refractivity contribution in [1.82, 2.24) is 10.6 Å². The van der Waals surface area contributed by atoms with Crippen molar-refractivity contribution in [2.24, 2.45) is 5.92 Å². The third-order valence-corrected chi connectivity index (χ3v) is 1.25. The lowest BCUT2D eigenvalue weighted by Gasteiger charge is -2.17. The summed E-state index contributed by atoms with van der Waals surface area (Å²) in [5, 5.41) is 4.63. The first-order valence-corrected chi connectivity index (χ1v) is 2.79. The highest BCUT2D eigenvalue weighted by Crippen LogP contribution is 1.95. The van der Waals surface area contributed by atoms with E-state index < -0.39 is 6.03 Å². The molecule has 1 rings (SSSR count). The Morgan fingerprint density at radius 2 is 2.22 bits per heavy atom. The van der Waals surface area contributed by atoms with Crippen LogP contribution in [0.5, 0.6) is 0 Å². The van der Waals surface area contributed by atoms with Gasteiger partial charge in [0, 0.05) is 6.54 Å². The van der Waals surface area contributed by atoms with E-state index >= 15 is 0 Å². The molecule has 0 saturated carbocycles. The van der Waals surface area contributed by atoms with Crippen LogP contribution in [0.4, 0.5) is 4.79 Å². The van der Waals surface area contributed by atoms with E-state index in [0.29, 0.717) is 6.54 Å². The van der Waals surface area contributed by atoms with Gasteiger partial charge < -0.3 is 5.32 Å². The van der Waals surface area contributed by atoms with Gasteiger partial charge in [-0.1, -0.05) is 6.92 Å². The van der Waals surface area contributed by atoms with Gasteiger partial charge in [0.25, 0.3) is 0 Å². The van der Waals surface area contributed by atoms with Crippen molar-refractivity contribution in [2.45, 2.75) is 6.92 Å². The minimum absolute atomic E-state index is 0.0947. The summed E-state index contributed by atoms with van der Waals surface area (Å²) in [7, 11) is 0. The van der Waals surface area contributed by atoms with Crippen LogP contribution in [-0.2, 0) is 4.79 Å². The predicted molar refractivity (Wildman–Crippen MR) is 30.7 cm³/mol. The summed E-state index contributed by atoms with van der Waals surface area (Å²) in [6, 6.07) is -0.391. The molecule has 1 saturated heterocycles. The number of amides is 3. The first kappa shape index (κ1) is 6.07. The second kappa shape index (κ2) is 2.05. The number of hydrogen-bond acceptors (Lipinski definition) is 2. The molecule has 1 aliphatic heterocycles. The Labute approximate surface area is 52.6 Å². The molecule has 1 atom stereocenters. The zero-order valence-corrected chi connectivity index (χ0v) is 5.10. The number of carbonyl (C=O) groups excluding carboxylic acids is 2. The molecule has 50 valence electrons. The van der Waals surface area contributed by atoms with E-state index in [1.165, 1.54) is 0 Å². The first-order chi connectivity index (χ1) is 4.20. The van der Waals surface area contributed by atoms with Crippen molar-refractivity contribution in [3.8, 4) is 0 Å². The summed E-state index contributed by atoms with van der Waals surface area (Å²) in [4.78, 5) is 21.0. The highest BCUT2D eigenvalue weighted by atomic mass is 16.2. The van der Waals surface area contributed by atoms with Gasteiger partial charge in [-0.2, -0.15) is 0 Å². The fourth-order valence-electron chi connectivity index (χ4n) is 0.618. The van der Waals surface area contributed by atoms with Crippen LogP contribution in [0.2, 0.25) is 0 Å². The fraction of sp³-hybridized carbons (Fsp3) is 0.600. The molecule has 1 unspecified atom stereocenters. The van der Waals surface area contributed by atoms with Gasteiger partial charge in [0.15, 0.2) is 0 Å². The van der Waals surface area contributed by atoms with Crippen LogP contribution in [0, 0.1) is 5.92 Å². The number of nitrogens with one attached hydrogen (secondary N) is 2. The predicted octanol–water partition coefficient (Wildman–Crippen LogP) is -0.538. The van der Waals surface area contributed by atoms with Gasteiger partial charge in [-0.15, -0.1) is 0 Å². The lowest BCUT2D eigenvalue weighted by molar-refractivity contribution is -0.123. The van der Waals surface area contributed by atoms with E-state index in [0.717, 1.165) is 0 Å². The lowest BCUT2D eigenvalue weighted by atomic mass is 10.1. The van der Waals surface area contributed by atoms with E-state index in [1.807, 2.05) is 0 Å². The summed E-state index contributed by atoms with van der Waals surface area (Å²) in [6.45, 7) is 2.21. The fourth-order valence-corrected chi connectivity index (χ4v) is 0.618. The number of rotatable bonds is 0. The Hall–Kier alpha value is -1.06. The van der Waals surface area contributed by atoms with E-state index in [2.05, 4.69) is 10.6 Å². The van der Waals surface area contributed by atoms with Gasteiger partial charge in [0.1, 0.15) is 0 Å². The van der Waals surface area contributed by atoms with E-state index in [9.17, 15) is 9.59 Å². The summed E-state index contributed by atoms with van der Waals surface area (Å²) in [5.41, 5.74) is 0. The van der Waals surface area contributed by atoms with Gasteiger partial charge >= 0.3 is 6.03 Å². The van der Waals surface area contributed by atoms with Crippen molar-refractivity contribution >= 4 is 11.9 Å². The molecule has 0 aromatic carbocycles. The average molecular weight is 129 g/mol. The third kappa shape index (κ3) is 1.19. The molecule has 1 heterocycles. The largest absolute Gasteiger partial charge is 0.337 e. The normalized spacial score (nSPS) is 27.0. The molecule has 4 heteroatoms. The van der Waals surface area contributed by atoms with Crippen LogP contribution in [0.1, 0.15) is 6.92 Å². The van der Waals surface area contributed by atoms with Crippen LogP contribution in [-0.4, -0.2) is 18.5 Å². The Bertz CT molecular complexity index is 155. The van der Waals surface area contributed by atoms with Gasteiger partial charge in [-0.3, -0.25) is 10.1 Å². The van der Waals surface area contributed by atoms with Crippen molar-refractivity contribution in [3.05, 3.63) is 0 Å². The molecule has 0 spiro atoms. The highest BCUT2D eigenvalue weighted by Gasteiger charge is 2.20. The molecular formula is C5H8N2O2. The van der Waals surface area contributed by atoms with Crippen molar-refractivity contribution in [1.29, 1.82) is 0 Å². The van der Waals surface area contributed by atoms with Crippen molar-refractivity contribution in [3.63, 3.8) is 0 Å². The summed E-state index contributed by atoms with van der Waals surface area (Å²) in [6.07, 6.45) is 0. The Balaban J connectivity index is 2.54. The van der Waals surface area contributed by atoms with Gasteiger partial charge in [0.05, 0.1) is 5.92 Å². The van der Waals surface area contributed by atoms with Crippen LogP contribution in [0.3, 0.4) is 0 Å². The highest BCUT2D eigenvalue weighted by molar-refractivity contribution is 5.97. The molecule has 9 heavy (non-hydrogen) atoms. The molecule has 0 bridgehead atoms. The second-order valence-corrected chi connectivity index (χ2v) is 2.10. The first-order valence-electron chi connectivity index (χ1n) is 2.79. The molecule has 0 aliphatic carbocycles. The van der Waals surface area contributed by atoms with Gasteiger partial charge in [0.2, 0.25) is 5.91 Å². The van der Waals surface area contributed by atoms with Gasteiger partial charge in [-0.05, 0) is 0 Å². The average Bonchev–Trinajstić information content (AvgIpc) is 1.80. The summed E-state index contributed by atoms with van der Waals surface area (Å²) in [5.74, 6) is -0.290. The Morgan fingerprint density at radius 3 is 2.67 bits per heavy atom. The molecule has 2 N–H and O–H groups in total. The second-order valence-electron chi connectivity index (χ2n) is 2.10. The van der Waals surface area contributed by atoms with Crippen LogP contribution < -0.4 is 10.6 Å². The number of hydrogen-bond donors (Lipinski definition) is 2. The third-order valence-electron chi connectivity index (χ3n) is 1.25. The maximum Gasteiger partial charge on any atom is 0.321 e. The molecule has 4 nitrogen and oxygen atoms in total. The topological polar surface area (TPSA) is 58.2 Å². The maximum absolute atomic E-state index is 10.6. The number of imide groups is 1. The zero-order valence-electron chi connectivity index (χ0n) is 5.10. The minimum Gasteiger partial charge on any atom is -0.337 e. The Kier molecular flexibility index (Phi) is 1.38. The van der Waals surface area contributed by atoms with Gasteiger partial charge in [-0.25, -0.2) is 4.79 Å². The van der Waals surface area contributed by atoms with Crippen molar-refractivity contribution in [2.75, 3.05) is 6.54 Å². The molecule has 3 amide bonds. The van der Waals surface area contributed by atoms with E-state index in [4.69, 9.17) is 0 Å². The van der Waals surface area contributed by atoms with Crippen LogP contribution in [0.25, 0.3) is 0 Å². The summed E-state index contributed by atoms with van der Waals surface area (Å²) >= 11 is 0. The molecular weight excluding hydrogens is 121 g/mol. The minimum atomic E-state index is -0.391. The van der Waals surface area contributed by atoms with E-state index in [1.54, 1.807) is 6.92 Å². The molecule has 0 radical (unpaired) electrons. The standard InChI is InChI=1S/C5H8N2O2/c1-3-2-6-5(9)7-4(3)8/h3H,2H2,1H3,(H2,6,7,8,9)/i5+1. The smallest absolute Gasteiger partial charge is 0.321 e. The monoisotopic (exact) mass is 129 g/mol. The number of urea groups is 1. The molecule has 1 fully saturated rings. The quantitative estimate of drug-likeness (QED) is 0.431. The number of carbonyl (C=O) groups is 2.